The maximum Gasteiger partial charge on any atom is 0.121 e. The summed E-state index contributed by atoms with van der Waals surface area (Å²) in [6.45, 7) is 0.700. The molecule has 1 atom stereocenters. The zero-order chi connectivity index (χ0) is 6.20. The van der Waals surface area contributed by atoms with Crippen molar-refractivity contribution in [3.05, 3.63) is 0 Å². The van der Waals surface area contributed by atoms with Gasteiger partial charge in [0.05, 0.1) is 0 Å². The predicted octanol–water partition coefficient (Wildman–Crippen LogP) is 1.53. The van der Waals surface area contributed by atoms with Gasteiger partial charge in [-0.25, -0.2) is 0 Å². The maximum atomic E-state index is 5.70. The summed E-state index contributed by atoms with van der Waals surface area (Å²) in [6.07, 6.45) is 1.89. The quantitative estimate of drug-likeness (QED) is 0.599. The number of alkyl halides is 2. The standard InChI is InChI=1S/C5H9Cl2N/c6-5(7)3-4(5)1-2-8/h4H,1-3,8H2/t4-/m1/s1. The van der Waals surface area contributed by atoms with E-state index in [0.29, 0.717) is 12.5 Å². The summed E-state index contributed by atoms with van der Waals surface area (Å²) < 4.78 is -0.417. The third kappa shape index (κ3) is 1.28. The van der Waals surface area contributed by atoms with Crippen molar-refractivity contribution in [3.63, 3.8) is 0 Å². The molecule has 48 valence electrons. The number of rotatable bonds is 2. The summed E-state index contributed by atoms with van der Waals surface area (Å²) >= 11 is 11.4. The zero-order valence-electron chi connectivity index (χ0n) is 4.53. The highest BCUT2D eigenvalue weighted by Crippen LogP contribution is 2.54. The minimum absolute atomic E-state index is 0.417. The summed E-state index contributed by atoms with van der Waals surface area (Å²) in [5.41, 5.74) is 5.27. The van der Waals surface area contributed by atoms with Crippen molar-refractivity contribution in [2.45, 2.75) is 17.2 Å². The van der Waals surface area contributed by atoms with Gasteiger partial charge in [-0.3, -0.25) is 0 Å². The van der Waals surface area contributed by atoms with Crippen LogP contribution in [0.3, 0.4) is 0 Å². The monoisotopic (exact) mass is 153 g/mol. The Balaban J connectivity index is 2.17. The van der Waals surface area contributed by atoms with Gasteiger partial charge >= 0.3 is 0 Å². The molecule has 2 N–H and O–H groups in total. The Morgan fingerprint density at radius 3 is 2.25 bits per heavy atom. The Labute approximate surface area is 59.1 Å². The van der Waals surface area contributed by atoms with E-state index in [1.54, 1.807) is 0 Å². The van der Waals surface area contributed by atoms with Crippen LogP contribution in [0.15, 0.2) is 0 Å². The van der Waals surface area contributed by atoms with Gasteiger partial charge < -0.3 is 5.73 Å². The van der Waals surface area contributed by atoms with Crippen LogP contribution in [-0.4, -0.2) is 10.9 Å². The fraction of sp³-hybridized carbons (Fsp3) is 1.00. The zero-order valence-corrected chi connectivity index (χ0v) is 6.04. The molecule has 0 radical (unpaired) electrons. The van der Waals surface area contributed by atoms with Gasteiger partial charge in [-0.1, -0.05) is 0 Å². The SMILES string of the molecule is NCC[C@@H]1CC1(Cl)Cl. The smallest absolute Gasteiger partial charge is 0.121 e. The lowest BCUT2D eigenvalue weighted by atomic mass is 10.3. The van der Waals surface area contributed by atoms with E-state index in [2.05, 4.69) is 0 Å². The highest BCUT2D eigenvalue weighted by atomic mass is 35.5. The van der Waals surface area contributed by atoms with Crippen molar-refractivity contribution in [2.75, 3.05) is 6.54 Å². The van der Waals surface area contributed by atoms with Crippen LogP contribution in [0, 0.1) is 5.92 Å². The maximum absolute atomic E-state index is 5.70. The van der Waals surface area contributed by atoms with E-state index in [4.69, 9.17) is 28.9 Å². The molecule has 0 aromatic carbocycles. The molecule has 1 rings (SSSR count). The summed E-state index contributed by atoms with van der Waals surface area (Å²) in [7, 11) is 0. The van der Waals surface area contributed by atoms with Crippen molar-refractivity contribution < 1.29 is 0 Å². The average molecular weight is 154 g/mol. The number of nitrogens with two attached hydrogens (primary N) is 1. The van der Waals surface area contributed by atoms with Crippen molar-refractivity contribution in [2.24, 2.45) is 11.7 Å². The van der Waals surface area contributed by atoms with E-state index in [9.17, 15) is 0 Å². The van der Waals surface area contributed by atoms with Crippen LogP contribution in [0.2, 0.25) is 0 Å². The van der Waals surface area contributed by atoms with Gasteiger partial charge in [0.2, 0.25) is 0 Å². The minimum Gasteiger partial charge on any atom is -0.330 e. The molecule has 0 aliphatic heterocycles. The third-order valence-corrected chi connectivity index (χ3v) is 2.40. The van der Waals surface area contributed by atoms with Crippen LogP contribution >= 0.6 is 23.2 Å². The summed E-state index contributed by atoms with van der Waals surface area (Å²) in [4.78, 5) is 0. The molecule has 1 saturated carbocycles. The Bertz CT molecular complexity index is 92.4. The molecule has 1 aliphatic carbocycles. The summed E-state index contributed by atoms with van der Waals surface area (Å²) in [5.74, 6) is 0.468. The fourth-order valence-electron chi connectivity index (χ4n) is 0.784. The number of hydrogen-bond donors (Lipinski definition) is 1. The Kier molecular flexibility index (Phi) is 1.71. The first-order valence-electron chi connectivity index (χ1n) is 2.74. The molecule has 0 aromatic rings. The van der Waals surface area contributed by atoms with Gasteiger partial charge in [0.1, 0.15) is 4.33 Å². The molecule has 0 bridgehead atoms. The first-order chi connectivity index (χ1) is 3.67. The topological polar surface area (TPSA) is 26.0 Å². The van der Waals surface area contributed by atoms with Crippen molar-refractivity contribution in [3.8, 4) is 0 Å². The lowest BCUT2D eigenvalue weighted by Gasteiger charge is -1.93. The molecule has 0 aromatic heterocycles. The van der Waals surface area contributed by atoms with Crippen LogP contribution in [0.5, 0.6) is 0 Å². The largest absolute Gasteiger partial charge is 0.330 e. The molecule has 0 unspecified atom stereocenters. The van der Waals surface area contributed by atoms with E-state index in [1.165, 1.54) is 0 Å². The molecular formula is C5H9Cl2N. The van der Waals surface area contributed by atoms with Crippen molar-refractivity contribution in [1.82, 2.24) is 0 Å². The van der Waals surface area contributed by atoms with Gasteiger partial charge in [-0.15, -0.1) is 23.2 Å². The normalized spacial score (nSPS) is 32.6. The van der Waals surface area contributed by atoms with Crippen molar-refractivity contribution in [1.29, 1.82) is 0 Å². The molecule has 0 amide bonds. The van der Waals surface area contributed by atoms with Crippen LogP contribution in [-0.2, 0) is 0 Å². The van der Waals surface area contributed by atoms with Gasteiger partial charge in [0.25, 0.3) is 0 Å². The lowest BCUT2D eigenvalue weighted by molar-refractivity contribution is 0.730. The summed E-state index contributed by atoms with van der Waals surface area (Å²) in [6, 6.07) is 0. The second kappa shape index (κ2) is 2.05. The molecule has 0 saturated heterocycles. The average Bonchev–Trinajstić information content (AvgIpc) is 2.15. The van der Waals surface area contributed by atoms with Crippen LogP contribution in [0.4, 0.5) is 0 Å². The highest BCUT2D eigenvalue weighted by molar-refractivity contribution is 6.50. The minimum atomic E-state index is -0.417. The first-order valence-corrected chi connectivity index (χ1v) is 3.50. The second-order valence-electron chi connectivity index (χ2n) is 2.24. The van der Waals surface area contributed by atoms with E-state index >= 15 is 0 Å². The molecule has 1 aliphatic rings. The Morgan fingerprint density at radius 1 is 1.62 bits per heavy atom. The van der Waals surface area contributed by atoms with E-state index in [-0.39, 0.29) is 0 Å². The van der Waals surface area contributed by atoms with Crippen LogP contribution in [0.1, 0.15) is 12.8 Å². The fourth-order valence-corrected chi connectivity index (χ4v) is 1.37. The molecule has 1 nitrogen and oxygen atoms in total. The van der Waals surface area contributed by atoms with Gasteiger partial charge in [0.15, 0.2) is 0 Å². The first kappa shape index (κ1) is 6.66. The molecule has 0 heterocycles. The summed E-state index contributed by atoms with van der Waals surface area (Å²) in [5, 5.41) is 0. The Morgan fingerprint density at radius 2 is 2.12 bits per heavy atom. The molecule has 1 fully saturated rings. The van der Waals surface area contributed by atoms with Crippen molar-refractivity contribution >= 4 is 23.2 Å². The Hall–Kier alpha value is 0.540. The molecule has 0 spiro atoms. The number of hydrogen-bond acceptors (Lipinski definition) is 1. The van der Waals surface area contributed by atoms with Crippen LogP contribution in [0.25, 0.3) is 0 Å². The van der Waals surface area contributed by atoms with Gasteiger partial charge in [-0.2, -0.15) is 0 Å². The molecule has 3 heteroatoms. The molecular weight excluding hydrogens is 145 g/mol. The second-order valence-corrected chi connectivity index (χ2v) is 3.78. The highest BCUT2D eigenvalue weighted by Gasteiger charge is 2.50. The molecule has 8 heavy (non-hydrogen) atoms. The van der Waals surface area contributed by atoms with Gasteiger partial charge in [-0.05, 0) is 25.3 Å². The third-order valence-electron chi connectivity index (χ3n) is 1.47. The predicted molar refractivity (Wildman–Crippen MR) is 36.2 cm³/mol. The number of halogens is 2. The lowest BCUT2D eigenvalue weighted by Crippen LogP contribution is -2.02. The van der Waals surface area contributed by atoms with Crippen LogP contribution < -0.4 is 5.73 Å². The van der Waals surface area contributed by atoms with E-state index in [0.717, 1.165) is 12.8 Å². The van der Waals surface area contributed by atoms with E-state index in [1.807, 2.05) is 0 Å². The van der Waals surface area contributed by atoms with E-state index < -0.39 is 4.33 Å². The van der Waals surface area contributed by atoms with Gasteiger partial charge in [0, 0.05) is 0 Å².